The van der Waals surface area contributed by atoms with Crippen molar-refractivity contribution in [2.24, 2.45) is 0 Å². The number of ether oxygens (including phenoxy) is 1. The zero-order valence-electron chi connectivity index (χ0n) is 15.2. The number of carbonyl (C=O) groups excluding carboxylic acids is 1. The number of rotatable bonds is 5. The van der Waals surface area contributed by atoms with Gasteiger partial charge in [0.2, 0.25) is 0 Å². The Labute approximate surface area is 154 Å². The van der Waals surface area contributed by atoms with Gasteiger partial charge in [0, 0.05) is 38.1 Å². The molecule has 0 bridgehead atoms. The minimum Gasteiger partial charge on any atom is -0.457 e. The van der Waals surface area contributed by atoms with Gasteiger partial charge in [-0.15, -0.1) is 0 Å². The molecule has 0 spiro atoms. The van der Waals surface area contributed by atoms with E-state index >= 15 is 0 Å². The zero-order valence-corrected chi connectivity index (χ0v) is 15.2. The van der Waals surface area contributed by atoms with Crippen LogP contribution in [0.25, 0.3) is 0 Å². The third kappa shape index (κ3) is 4.03. The van der Waals surface area contributed by atoms with Gasteiger partial charge in [-0.2, -0.15) is 0 Å². The highest BCUT2D eigenvalue weighted by Crippen LogP contribution is 2.23. The molecule has 4 nitrogen and oxygen atoms in total. The smallest absolute Gasteiger partial charge is 0.258 e. The van der Waals surface area contributed by atoms with Gasteiger partial charge in [-0.25, -0.2) is 0 Å². The molecule has 132 valence electrons. The van der Waals surface area contributed by atoms with Crippen molar-refractivity contribution in [3.8, 4) is 11.5 Å². The number of hydrogen-bond acceptors (Lipinski definition) is 3. The van der Waals surface area contributed by atoms with E-state index in [9.17, 15) is 4.79 Å². The van der Waals surface area contributed by atoms with Gasteiger partial charge < -0.3 is 14.5 Å². The van der Waals surface area contributed by atoms with Crippen LogP contribution in [0.15, 0.2) is 78.9 Å². The van der Waals surface area contributed by atoms with Crippen LogP contribution >= 0.6 is 0 Å². The third-order valence-corrected chi connectivity index (χ3v) is 4.14. The van der Waals surface area contributed by atoms with Crippen LogP contribution < -0.4 is 14.5 Å². The average Bonchev–Trinajstić information content (AvgIpc) is 2.68. The van der Waals surface area contributed by atoms with Crippen molar-refractivity contribution in [3.63, 3.8) is 0 Å². The summed E-state index contributed by atoms with van der Waals surface area (Å²) in [5.41, 5.74) is 2.56. The Balaban J connectivity index is 1.70. The van der Waals surface area contributed by atoms with Gasteiger partial charge in [-0.1, -0.05) is 18.2 Å². The number of anilines is 2. The van der Waals surface area contributed by atoms with Crippen molar-refractivity contribution >= 4 is 17.3 Å². The summed E-state index contributed by atoms with van der Waals surface area (Å²) in [6.07, 6.45) is 0. The Morgan fingerprint density at radius 1 is 0.692 bits per heavy atom. The Hall–Kier alpha value is -3.27. The summed E-state index contributed by atoms with van der Waals surface area (Å²) in [7, 11) is 5.76. The molecule has 0 aliphatic carbocycles. The third-order valence-electron chi connectivity index (χ3n) is 4.14. The fraction of sp³-hybridized carbons (Fsp3) is 0.136. The van der Waals surface area contributed by atoms with Crippen LogP contribution in [-0.2, 0) is 0 Å². The van der Waals surface area contributed by atoms with Crippen molar-refractivity contribution < 1.29 is 9.53 Å². The maximum absolute atomic E-state index is 12.7. The summed E-state index contributed by atoms with van der Waals surface area (Å²) in [6, 6.07) is 24.6. The number of benzene rings is 3. The number of hydrogen-bond donors (Lipinski definition) is 0. The summed E-state index contributed by atoms with van der Waals surface area (Å²) in [6.45, 7) is 0. The molecule has 0 fully saturated rings. The SMILES string of the molecule is CN(C)c1ccc(N(C)C(=O)c2ccc(Oc3ccccc3)cc2)cc1. The summed E-state index contributed by atoms with van der Waals surface area (Å²) >= 11 is 0. The molecule has 1 amide bonds. The van der Waals surface area contributed by atoms with Gasteiger partial charge in [0.05, 0.1) is 0 Å². The van der Waals surface area contributed by atoms with E-state index in [2.05, 4.69) is 0 Å². The quantitative estimate of drug-likeness (QED) is 0.664. The molecular weight excluding hydrogens is 324 g/mol. The normalized spacial score (nSPS) is 10.3. The summed E-state index contributed by atoms with van der Waals surface area (Å²) in [5.74, 6) is 1.41. The molecule has 0 aliphatic heterocycles. The van der Waals surface area contributed by atoms with Crippen LogP contribution in [0.5, 0.6) is 11.5 Å². The fourth-order valence-corrected chi connectivity index (χ4v) is 2.58. The highest BCUT2D eigenvalue weighted by Gasteiger charge is 2.13. The number of nitrogens with zero attached hydrogens (tertiary/aromatic N) is 2. The molecule has 0 saturated heterocycles. The van der Waals surface area contributed by atoms with Crippen LogP contribution in [-0.4, -0.2) is 27.1 Å². The fourth-order valence-electron chi connectivity index (χ4n) is 2.58. The lowest BCUT2D eigenvalue weighted by atomic mass is 10.1. The van der Waals surface area contributed by atoms with Crippen molar-refractivity contribution in [3.05, 3.63) is 84.4 Å². The Morgan fingerprint density at radius 3 is 1.81 bits per heavy atom. The Kier molecular flexibility index (Phi) is 5.23. The molecule has 0 radical (unpaired) electrons. The van der Waals surface area contributed by atoms with Crippen LogP contribution in [0, 0.1) is 0 Å². The van der Waals surface area contributed by atoms with E-state index in [0.717, 1.165) is 17.1 Å². The van der Waals surface area contributed by atoms with Gasteiger partial charge in [-0.3, -0.25) is 4.79 Å². The topological polar surface area (TPSA) is 32.8 Å². The lowest BCUT2D eigenvalue weighted by Gasteiger charge is -2.19. The zero-order chi connectivity index (χ0) is 18.5. The lowest BCUT2D eigenvalue weighted by molar-refractivity contribution is 0.0993. The second-order valence-electron chi connectivity index (χ2n) is 6.21. The van der Waals surface area contributed by atoms with Gasteiger partial charge in [-0.05, 0) is 60.7 Å². The highest BCUT2D eigenvalue weighted by atomic mass is 16.5. The maximum Gasteiger partial charge on any atom is 0.258 e. The molecule has 3 aromatic carbocycles. The first-order chi connectivity index (χ1) is 12.5. The van der Waals surface area contributed by atoms with E-state index in [1.54, 1.807) is 24.1 Å². The van der Waals surface area contributed by atoms with E-state index in [-0.39, 0.29) is 5.91 Å². The molecule has 0 heterocycles. The first kappa shape index (κ1) is 17.5. The number of amides is 1. The van der Waals surface area contributed by atoms with Crippen molar-refractivity contribution in [2.75, 3.05) is 30.9 Å². The van der Waals surface area contributed by atoms with Gasteiger partial charge in [0.15, 0.2) is 0 Å². The highest BCUT2D eigenvalue weighted by molar-refractivity contribution is 6.05. The molecule has 4 heteroatoms. The molecular formula is C22H22N2O2. The van der Waals surface area contributed by atoms with Gasteiger partial charge >= 0.3 is 0 Å². The Bertz CT molecular complexity index is 857. The standard InChI is InChI=1S/C22H22N2O2/c1-23(2)18-11-13-19(14-12-18)24(3)22(25)17-9-15-21(16-10-17)26-20-7-5-4-6-8-20/h4-16H,1-3H3. The molecule has 0 N–H and O–H groups in total. The predicted molar refractivity (Wildman–Crippen MR) is 106 cm³/mol. The first-order valence-electron chi connectivity index (χ1n) is 8.43. The molecule has 3 rings (SSSR count). The second-order valence-corrected chi connectivity index (χ2v) is 6.21. The van der Waals surface area contributed by atoms with E-state index in [4.69, 9.17) is 4.74 Å². The van der Waals surface area contributed by atoms with Crippen LogP contribution in [0.2, 0.25) is 0 Å². The molecule has 3 aromatic rings. The summed E-state index contributed by atoms with van der Waals surface area (Å²) in [5, 5.41) is 0. The minimum atomic E-state index is -0.0612. The van der Waals surface area contributed by atoms with Crippen LogP contribution in [0.1, 0.15) is 10.4 Å². The number of para-hydroxylation sites is 1. The largest absolute Gasteiger partial charge is 0.457 e. The maximum atomic E-state index is 12.7. The molecule has 0 atom stereocenters. The van der Waals surface area contributed by atoms with E-state index in [1.807, 2.05) is 85.7 Å². The van der Waals surface area contributed by atoms with Gasteiger partial charge in [0.25, 0.3) is 5.91 Å². The lowest BCUT2D eigenvalue weighted by Crippen LogP contribution is -2.26. The molecule has 0 saturated carbocycles. The van der Waals surface area contributed by atoms with Crippen molar-refractivity contribution in [2.45, 2.75) is 0 Å². The van der Waals surface area contributed by atoms with E-state index in [0.29, 0.717) is 11.3 Å². The summed E-state index contributed by atoms with van der Waals surface area (Å²) in [4.78, 5) is 16.4. The minimum absolute atomic E-state index is 0.0612. The van der Waals surface area contributed by atoms with Crippen LogP contribution in [0.3, 0.4) is 0 Å². The van der Waals surface area contributed by atoms with Crippen molar-refractivity contribution in [1.29, 1.82) is 0 Å². The molecule has 0 aliphatic rings. The summed E-state index contributed by atoms with van der Waals surface area (Å²) < 4.78 is 5.76. The first-order valence-corrected chi connectivity index (χ1v) is 8.43. The van der Waals surface area contributed by atoms with Crippen molar-refractivity contribution in [1.82, 2.24) is 0 Å². The van der Waals surface area contributed by atoms with E-state index in [1.165, 1.54) is 0 Å². The second kappa shape index (κ2) is 7.74. The number of carbonyl (C=O) groups is 1. The Morgan fingerprint density at radius 2 is 1.23 bits per heavy atom. The van der Waals surface area contributed by atoms with E-state index < -0.39 is 0 Å². The average molecular weight is 346 g/mol. The molecule has 26 heavy (non-hydrogen) atoms. The predicted octanol–water partition coefficient (Wildman–Crippen LogP) is 4.82. The molecule has 0 unspecified atom stereocenters. The monoisotopic (exact) mass is 346 g/mol. The molecule has 0 aromatic heterocycles. The van der Waals surface area contributed by atoms with Crippen LogP contribution in [0.4, 0.5) is 11.4 Å². The van der Waals surface area contributed by atoms with Gasteiger partial charge in [0.1, 0.15) is 11.5 Å².